The molecule has 2 saturated carbocycles. The van der Waals surface area contributed by atoms with Crippen molar-refractivity contribution in [2.24, 2.45) is 11.8 Å². The lowest BCUT2D eigenvalue weighted by Gasteiger charge is -2.27. The molecule has 0 spiro atoms. The zero-order valence-electron chi connectivity index (χ0n) is 19.8. The number of nitrogens with one attached hydrogen (secondary N) is 1. The molecule has 2 aromatic carbocycles. The Bertz CT molecular complexity index is 1120. The summed E-state index contributed by atoms with van der Waals surface area (Å²) < 4.78 is 44.6. The number of methoxy groups -OCH3 is 2. The predicted octanol–water partition coefficient (Wildman–Crippen LogP) is 3.60. The van der Waals surface area contributed by atoms with Gasteiger partial charge in [0.1, 0.15) is 12.3 Å². The van der Waals surface area contributed by atoms with Crippen LogP contribution in [0.4, 0.5) is 5.69 Å². The highest BCUT2D eigenvalue weighted by atomic mass is 32.2. The van der Waals surface area contributed by atoms with E-state index in [1.165, 1.54) is 38.8 Å². The van der Waals surface area contributed by atoms with Crippen molar-refractivity contribution in [3.8, 4) is 17.2 Å². The molecular weight excluding hydrogens is 456 g/mol. The van der Waals surface area contributed by atoms with Crippen LogP contribution in [0.5, 0.6) is 17.2 Å². The quantitative estimate of drug-likeness (QED) is 0.549. The molecule has 4 rings (SSSR count). The van der Waals surface area contributed by atoms with Crippen molar-refractivity contribution in [3.05, 3.63) is 42.5 Å². The summed E-state index contributed by atoms with van der Waals surface area (Å²) in [7, 11) is -1.15. The maximum atomic E-state index is 13.7. The fraction of sp³-hybridized carbons (Fsp3) is 0.480. The van der Waals surface area contributed by atoms with Crippen LogP contribution in [0, 0.1) is 11.8 Å². The van der Waals surface area contributed by atoms with E-state index in [4.69, 9.17) is 14.2 Å². The Labute approximate surface area is 201 Å². The molecule has 0 radical (unpaired) electrons. The Kier molecular flexibility index (Phi) is 7.21. The second-order valence-electron chi connectivity index (χ2n) is 8.80. The van der Waals surface area contributed by atoms with Gasteiger partial charge in [0, 0.05) is 12.1 Å². The molecule has 0 heterocycles. The molecule has 0 aromatic heterocycles. The predicted molar refractivity (Wildman–Crippen MR) is 129 cm³/mol. The summed E-state index contributed by atoms with van der Waals surface area (Å²) in [5, 5.41) is 3.09. The fourth-order valence-electron chi connectivity index (χ4n) is 5.10. The van der Waals surface area contributed by atoms with Crippen LogP contribution in [0.25, 0.3) is 0 Å². The summed E-state index contributed by atoms with van der Waals surface area (Å²) in [6.45, 7) is 2.05. The Hall–Kier alpha value is -2.94. The molecule has 2 bridgehead atoms. The van der Waals surface area contributed by atoms with Gasteiger partial charge in [-0.15, -0.1) is 0 Å². The van der Waals surface area contributed by atoms with Gasteiger partial charge < -0.3 is 19.5 Å². The van der Waals surface area contributed by atoms with Gasteiger partial charge in [-0.2, -0.15) is 0 Å². The van der Waals surface area contributed by atoms with E-state index >= 15 is 0 Å². The van der Waals surface area contributed by atoms with Gasteiger partial charge in [0.25, 0.3) is 10.0 Å². The van der Waals surface area contributed by atoms with Crippen LogP contribution in [-0.4, -0.2) is 47.7 Å². The van der Waals surface area contributed by atoms with Gasteiger partial charge in [-0.25, -0.2) is 8.42 Å². The molecule has 34 heavy (non-hydrogen) atoms. The number of rotatable bonds is 10. The Morgan fingerprint density at radius 1 is 1.03 bits per heavy atom. The van der Waals surface area contributed by atoms with Crippen molar-refractivity contribution in [2.75, 3.05) is 31.7 Å². The monoisotopic (exact) mass is 488 g/mol. The Morgan fingerprint density at radius 3 is 2.35 bits per heavy atom. The van der Waals surface area contributed by atoms with Gasteiger partial charge in [-0.05, 0) is 74.4 Å². The minimum absolute atomic E-state index is 0.00626. The molecule has 3 atom stereocenters. The van der Waals surface area contributed by atoms with Crippen LogP contribution < -0.4 is 23.8 Å². The lowest BCUT2D eigenvalue weighted by molar-refractivity contribution is -0.120. The van der Waals surface area contributed by atoms with Crippen LogP contribution in [0.2, 0.25) is 0 Å². The SMILES string of the molecule is CCOc1ccc(N(CC(=O)N[C@H]2C[C@@H]3CC[C@H]2C3)S(=O)(=O)c2ccc(OC)c(OC)c2)cc1. The van der Waals surface area contributed by atoms with E-state index in [0.717, 1.165) is 23.6 Å². The molecule has 1 N–H and O–H groups in total. The second-order valence-corrected chi connectivity index (χ2v) is 10.7. The van der Waals surface area contributed by atoms with Crippen molar-refractivity contribution in [1.82, 2.24) is 5.32 Å². The van der Waals surface area contributed by atoms with E-state index in [2.05, 4.69) is 5.32 Å². The first-order chi connectivity index (χ1) is 16.3. The third-order valence-electron chi connectivity index (χ3n) is 6.75. The lowest BCUT2D eigenvalue weighted by atomic mass is 9.95. The topological polar surface area (TPSA) is 94.2 Å². The zero-order valence-corrected chi connectivity index (χ0v) is 20.6. The van der Waals surface area contributed by atoms with Crippen molar-refractivity contribution >= 4 is 21.6 Å². The molecule has 2 aliphatic carbocycles. The van der Waals surface area contributed by atoms with Gasteiger partial charge in [-0.3, -0.25) is 9.10 Å². The minimum Gasteiger partial charge on any atom is -0.494 e. The number of sulfonamides is 1. The second kappa shape index (κ2) is 10.1. The average molecular weight is 489 g/mol. The number of ether oxygens (including phenoxy) is 3. The first-order valence-corrected chi connectivity index (χ1v) is 13.1. The Balaban J connectivity index is 1.63. The van der Waals surface area contributed by atoms with E-state index in [1.54, 1.807) is 24.3 Å². The summed E-state index contributed by atoms with van der Waals surface area (Å²) in [6.07, 6.45) is 4.48. The van der Waals surface area contributed by atoms with Gasteiger partial charge >= 0.3 is 0 Å². The Morgan fingerprint density at radius 2 is 1.76 bits per heavy atom. The summed E-state index contributed by atoms with van der Waals surface area (Å²) in [4.78, 5) is 13.0. The molecule has 0 unspecified atom stereocenters. The number of carbonyl (C=O) groups is 1. The molecule has 0 saturated heterocycles. The lowest BCUT2D eigenvalue weighted by Crippen LogP contribution is -2.46. The standard InChI is InChI=1S/C25H32N2O6S/c1-4-33-20-9-7-19(8-10-20)27(16-25(28)26-22-14-17-5-6-18(22)13-17)34(29,30)21-11-12-23(31-2)24(15-21)32-3/h7-12,15,17-18,22H,4-6,13-14,16H2,1-3H3,(H,26,28)/t17-,18+,22+/m1/s1. The molecular formula is C25H32N2O6S. The smallest absolute Gasteiger partial charge is 0.264 e. The van der Waals surface area contributed by atoms with Crippen molar-refractivity contribution in [3.63, 3.8) is 0 Å². The number of hydrogen-bond donors (Lipinski definition) is 1. The average Bonchev–Trinajstić information content (AvgIpc) is 3.46. The van der Waals surface area contributed by atoms with E-state index in [0.29, 0.717) is 41.4 Å². The molecule has 2 aliphatic rings. The van der Waals surface area contributed by atoms with E-state index in [9.17, 15) is 13.2 Å². The zero-order chi connectivity index (χ0) is 24.3. The first-order valence-electron chi connectivity index (χ1n) is 11.6. The summed E-state index contributed by atoms with van der Waals surface area (Å²) >= 11 is 0. The van der Waals surface area contributed by atoms with Crippen LogP contribution in [0.3, 0.4) is 0 Å². The maximum Gasteiger partial charge on any atom is 0.264 e. The molecule has 1 amide bonds. The number of carbonyl (C=O) groups excluding carboxylic acids is 1. The number of fused-ring (bicyclic) bond motifs is 2. The highest BCUT2D eigenvalue weighted by molar-refractivity contribution is 7.92. The molecule has 0 aliphatic heterocycles. The summed E-state index contributed by atoms with van der Waals surface area (Å²) in [6, 6.07) is 11.2. The van der Waals surface area contributed by atoms with Gasteiger partial charge in [0.2, 0.25) is 5.91 Å². The van der Waals surface area contributed by atoms with Crippen LogP contribution in [-0.2, 0) is 14.8 Å². The van der Waals surface area contributed by atoms with Crippen molar-refractivity contribution < 1.29 is 27.4 Å². The van der Waals surface area contributed by atoms with Gasteiger partial charge in [0.05, 0.1) is 31.4 Å². The van der Waals surface area contributed by atoms with E-state index in [1.807, 2.05) is 6.92 Å². The first kappa shape index (κ1) is 24.2. The molecule has 184 valence electrons. The third-order valence-corrected chi connectivity index (χ3v) is 8.52. The largest absolute Gasteiger partial charge is 0.494 e. The van der Waals surface area contributed by atoms with E-state index in [-0.39, 0.29) is 23.4 Å². The number of amides is 1. The summed E-state index contributed by atoms with van der Waals surface area (Å²) in [5.41, 5.74) is 0.376. The van der Waals surface area contributed by atoms with Crippen LogP contribution >= 0.6 is 0 Å². The van der Waals surface area contributed by atoms with Crippen LogP contribution in [0.1, 0.15) is 32.6 Å². The maximum absolute atomic E-state index is 13.7. The van der Waals surface area contributed by atoms with Crippen molar-refractivity contribution in [1.29, 1.82) is 0 Å². The number of anilines is 1. The minimum atomic E-state index is -4.08. The number of nitrogens with zero attached hydrogens (tertiary/aromatic N) is 1. The van der Waals surface area contributed by atoms with Gasteiger partial charge in [0.15, 0.2) is 11.5 Å². The highest BCUT2D eigenvalue weighted by Crippen LogP contribution is 2.44. The highest BCUT2D eigenvalue weighted by Gasteiger charge is 2.40. The normalized spacial score (nSPS) is 21.2. The molecule has 8 nitrogen and oxygen atoms in total. The van der Waals surface area contributed by atoms with E-state index < -0.39 is 10.0 Å². The number of benzene rings is 2. The molecule has 2 aromatic rings. The summed E-state index contributed by atoms with van der Waals surface area (Å²) in [5.74, 6) is 2.20. The third kappa shape index (κ3) is 4.94. The molecule has 9 heteroatoms. The number of hydrogen-bond acceptors (Lipinski definition) is 6. The fourth-order valence-corrected chi connectivity index (χ4v) is 6.54. The van der Waals surface area contributed by atoms with Crippen molar-refractivity contribution in [2.45, 2.75) is 43.5 Å². The van der Waals surface area contributed by atoms with Crippen LogP contribution in [0.15, 0.2) is 47.4 Å². The van der Waals surface area contributed by atoms with Gasteiger partial charge in [-0.1, -0.05) is 6.42 Å². The molecule has 2 fully saturated rings.